The first-order valence-corrected chi connectivity index (χ1v) is 6.97. The number of thiocarbonyl (C=S) groups is 1. The summed E-state index contributed by atoms with van der Waals surface area (Å²) >= 11 is 4.99. The van der Waals surface area contributed by atoms with Crippen molar-refractivity contribution in [2.75, 3.05) is 6.61 Å². The molecule has 2 N–H and O–H groups in total. The summed E-state index contributed by atoms with van der Waals surface area (Å²) in [5.41, 5.74) is 7.36. The van der Waals surface area contributed by atoms with Crippen LogP contribution in [0.4, 0.5) is 0 Å². The van der Waals surface area contributed by atoms with Gasteiger partial charge in [-0.3, -0.25) is 0 Å². The van der Waals surface area contributed by atoms with E-state index in [2.05, 4.69) is 4.98 Å². The third kappa shape index (κ3) is 3.67. The molecule has 0 bridgehead atoms. The molecule has 0 radical (unpaired) electrons. The van der Waals surface area contributed by atoms with Crippen LogP contribution in [0.2, 0.25) is 0 Å². The molecule has 1 heterocycles. The maximum Gasteiger partial charge on any atom is 0.214 e. The molecule has 98 valence electrons. The van der Waals surface area contributed by atoms with Gasteiger partial charge in [-0.2, -0.15) is 0 Å². The molecule has 1 aliphatic rings. The molecular formula is C14H20N2OS. The van der Waals surface area contributed by atoms with Crippen LogP contribution in [0.25, 0.3) is 0 Å². The topological polar surface area (TPSA) is 48.1 Å². The molecule has 1 aliphatic carbocycles. The van der Waals surface area contributed by atoms with E-state index in [1.165, 1.54) is 32.1 Å². The van der Waals surface area contributed by atoms with Crippen LogP contribution in [0.1, 0.15) is 43.4 Å². The van der Waals surface area contributed by atoms with E-state index >= 15 is 0 Å². The molecule has 0 saturated heterocycles. The Kier molecular flexibility index (Phi) is 4.53. The Morgan fingerprint density at radius 2 is 2.11 bits per heavy atom. The zero-order valence-corrected chi connectivity index (χ0v) is 11.6. The second-order valence-electron chi connectivity index (χ2n) is 5.01. The first-order valence-electron chi connectivity index (χ1n) is 6.56. The van der Waals surface area contributed by atoms with Crippen LogP contribution in [0.15, 0.2) is 12.1 Å². The normalized spacial score (nSPS) is 16.5. The van der Waals surface area contributed by atoms with Crippen molar-refractivity contribution in [3.8, 4) is 5.88 Å². The first kappa shape index (κ1) is 13.3. The number of rotatable bonds is 4. The van der Waals surface area contributed by atoms with E-state index in [-0.39, 0.29) is 0 Å². The fourth-order valence-corrected chi connectivity index (χ4v) is 2.53. The summed E-state index contributed by atoms with van der Waals surface area (Å²) in [6.45, 7) is 2.68. The summed E-state index contributed by atoms with van der Waals surface area (Å²) in [4.78, 5) is 4.75. The lowest BCUT2D eigenvalue weighted by molar-refractivity contribution is 0.202. The Labute approximate surface area is 114 Å². The molecule has 0 aliphatic heterocycles. The Morgan fingerprint density at radius 1 is 1.39 bits per heavy atom. The number of aromatic nitrogens is 1. The number of hydrogen-bond donors (Lipinski definition) is 1. The minimum Gasteiger partial charge on any atom is -0.477 e. The maximum absolute atomic E-state index is 5.79. The van der Waals surface area contributed by atoms with Crippen molar-refractivity contribution >= 4 is 17.2 Å². The molecule has 1 aromatic heterocycles. The highest BCUT2D eigenvalue weighted by molar-refractivity contribution is 7.80. The summed E-state index contributed by atoms with van der Waals surface area (Å²) < 4.78 is 5.79. The lowest BCUT2D eigenvalue weighted by Gasteiger charge is -2.21. The molecule has 1 aromatic rings. The fraction of sp³-hybridized carbons (Fsp3) is 0.571. The molecule has 1 saturated carbocycles. The Morgan fingerprint density at radius 3 is 2.78 bits per heavy atom. The lowest BCUT2D eigenvalue weighted by atomic mass is 9.90. The molecule has 0 atom stereocenters. The third-order valence-corrected chi connectivity index (χ3v) is 3.64. The van der Waals surface area contributed by atoms with Crippen LogP contribution in [-0.4, -0.2) is 16.6 Å². The predicted molar refractivity (Wildman–Crippen MR) is 76.9 cm³/mol. The van der Waals surface area contributed by atoms with E-state index < -0.39 is 0 Å². The standard InChI is InChI=1S/C14H20N2OS/c1-10-7-12(14(15)18)8-13(16-10)17-9-11-5-3-2-4-6-11/h7-8,11H,2-6,9H2,1H3,(H2,15,18). The van der Waals surface area contributed by atoms with Crippen LogP contribution in [-0.2, 0) is 0 Å². The van der Waals surface area contributed by atoms with Gasteiger partial charge in [0.25, 0.3) is 0 Å². The SMILES string of the molecule is Cc1cc(C(N)=S)cc(OCC2CCCCC2)n1. The monoisotopic (exact) mass is 264 g/mol. The van der Waals surface area contributed by atoms with Crippen molar-refractivity contribution in [3.05, 3.63) is 23.4 Å². The molecular weight excluding hydrogens is 244 g/mol. The highest BCUT2D eigenvalue weighted by Crippen LogP contribution is 2.24. The quantitative estimate of drug-likeness (QED) is 0.849. The van der Waals surface area contributed by atoms with E-state index in [4.69, 9.17) is 22.7 Å². The van der Waals surface area contributed by atoms with Gasteiger partial charge in [-0.15, -0.1) is 0 Å². The van der Waals surface area contributed by atoms with Crippen molar-refractivity contribution in [3.63, 3.8) is 0 Å². The molecule has 0 unspecified atom stereocenters. The zero-order chi connectivity index (χ0) is 13.0. The van der Waals surface area contributed by atoms with E-state index in [0.717, 1.165) is 17.9 Å². The number of aryl methyl sites for hydroxylation is 1. The minimum atomic E-state index is 0.392. The lowest BCUT2D eigenvalue weighted by Crippen LogP contribution is -2.16. The molecule has 0 spiro atoms. The number of nitrogens with two attached hydrogens (primary N) is 1. The number of pyridine rings is 1. The summed E-state index contributed by atoms with van der Waals surface area (Å²) in [6, 6.07) is 3.72. The predicted octanol–water partition coefficient (Wildman–Crippen LogP) is 2.98. The van der Waals surface area contributed by atoms with Gasteiger partial charge in [-0.05, 0) is 31.7 Å². The highest BCUT2D eigenvalue weighted by atomic mass is 32.1. The second-order valence-corrected chi connectivity index (χ2v) is 5.45. The van der Waals surface area contributed by atoms with E-state index in [9.17, 15) is 0 Å². The van der Waals surface area contributed by atoms with Gasteiger partial charge in [0.2, 0.25) is 5.88 Å². The number of hydrogen-bond acceptors (Lipinski definition) is 3. The van der Waals surface area contributed by atoms with Gasteiger partial charge in [0.05, 0.1) is 6.61 Å². The fourth-order valence-electron chi connectivity index (χ4n) is 2.41. The Balaban J connectivity index is 1.97. The largest absolute Gasteiger partial charge is 0.477 e. The molecule has 2 rings (SSSR count). The second kappa shape index (κ2) is 6.14. The third-order valence-electron chi connectivity index (χ3n) is 3.41. The van der Waals surface area contributed by atoms with Crippen LogP contribution < -0.4 is 10.5 Å². The van der Waals surface area contributed by atoms with Crippen molar-refractivity contribution in [1.29, 1.82) is 0 Å². The molecule has 18 heavy (non-hydrogen) atoms. The molecule has 0 amide bonds. The average molecular weight is 264 g/mol. The van der Waals surface area contributed by atoms with E-state index in [1.54, 1.807) is 0 Å². The smallest absolute Gasteiger partial charge is 0.214 e. The highest BCUT2D eigenvalue weighted by Gasteiger charge is 2.14. The van der Waals surface area contributed by atoms with Crippen LogP contribution in [0.5, 0.6) is 5.88 Å². The van der Waals surface area contributed by atoms with Crippen LogP contribution in [0.3, 0.4) is 0 Å². The van der Waals surface area contributed by atoms with Gasteiger partial charge in [0, 0.05) is 17.3 Å². The van der Waals surface area contributed by atoms with Crippen molar-refractivity contribution < 1.29 is 4.74 Å². The van der Waals surface area contributed by atoms with Gasteiger partial charge in [0.15, 0.2) is 0 Å². The minimum absolute atomic E-state index is 0.392. The maximum atomic E-state index is 5.79. The number of ether oxygens (including phenoxy) is 1. The van der Waals surface area contributed by atoms with Gasteiger partial charge in [-0.1, -0.05) is 31.5 Å². The Hall–Kier alpha value is -1.16. The van der Waals surface area contributed by atoms with Crippen LogP contribution >= 0.6 is 12.2 Å². The average Bonchev–Trinajstić information content (AvgIpc) is 2.37. The van der Waals surface area contributed by atoms with Crippen molar-refractivity contribution in [2.24, 2.45) is 11.7 Å². The summed E-state index contributed by atoms with van der Waals surface area (Å²) in [7, 11) is 0. The van der Waals surface area contributed by atoms with E-state index in [0.29, 0.717) is 16.8 Å². The van der Waals surface area contributed by atoms with Crippen molar-refractivity contribution in [1.82, 2.24) is 4.98 Å². The summed E-state index contributed by atoms with van der Waals surface area (Å²) in [5.74, 6) is 1.32. The van der Waals surface area contributed by atoms with Crippen molar-refractivity contribution in [2.45, 2.75) is 39.0 Å². The van der Waals surface area contributed by atoms with Gasteiger partial charge >= 0.3 is 0 Å². The first-order chi connectivity index (χ1) is 8.65. The zero-order valence-electron chi connectivity index (χ0n) is 10.8. The Bertz CT molecular complexity index is 428. The van der Waals surface area contributed by atoms with E-state index in [1.807, 2.05) is 19.1 Å². The number of nitrogens with zero attached hydrogens (tertiary/aromatic N) is 1. The van der Waals surface area contributed by atoms with Gasteiger partial charge in [0.1, 0.15) is 4.99 Å². The van der Waals surface area contributed by atoms with Gasteiger partial charge < -0.3 is 10.5 Å². The summed E-state index contributed by atoms with van der Waals surface area (Å²) in [6.07, 6.45) is 6.56. The molecule has 3 nitrogen and oxygen atoms in total. The molecule has 1 fully saturated rings. The molecule has 4 heteroatoms. The van der Waals surface area contributed by atoms with Crippen LogP contribution in [0, 0.1) is 12.8 Å². The summed E-state index contributed by atoms with van der Waals surface area (Å²) in [5, 5.41) is 0. The molecule has 0 aromatic carbocycles. The van der Waals surface area contributed by atoms with Gasteiger partial charge in [-0.25, -0.2) is 4.98 Å².